The molecule has 0 fully saturated rings. The number of methoxy groups -OCH3 is 1. The van der Waals surface area contributed by atoms with Gasteiger partial charge in [0.25, 0.3) is 0 Å². The summed E-state index contributed by atoms with van der Waals surface area (Å²) < 4.78 is 23.1. The predicted molar refractivity (Wildman–Crippen MR) is 53.8 cm³/mol. The van der Waals surface area contributed by atoms with Crippen LogP contribution in [-0.2, 0) is 4.74 Å². The molecule has 0 spiro atoms. The fraction of sp³-hybridized carbons (Fsp3) is 0.400. The number of hydrogen-bond donors (Lipinski definition) is 0. The molecule has 0 aromatic heterocycles. The van der Waals surface area contributed by atoms with Crippen LogP contribution < -0.4 is 10.2 Å². The highest BCUT2D eigenvalue weighted by molar-refractivity contribution is 6.32. The minimum atomic E-state index is -0.392. The first-order valence-corrected chi connectivity index (χ1v) is 4.41. The third-order valence-corrected chi connectivity index (χ3v) is 1.71. The lowest BCUT2D eigenvalue weighted by molar-refractivity contribution is 0.170. The fourth-order valence-electron chi connectivity index (χ4n) is 1.02. The molecule has 0 saturated carbocycles. The molecule has 0 bridgehead atoms. The second-order valence-electron chi connectivity index (χ2n) is 2.88. The lowest BCUT2D eigenvalue weighted by atomic mass is 9.96. The molecule has 1 aromatic carbocycles. The van der Waals surface area contributed by atoms with E-state index in [1.807, 2.05) is 0 Å². The Hall–Kier alpha value is -1.03. The van der Waals surface area contributed by atoms with Gasteiger partial charge < -0.3 is 9.47 Å². The fourth-order valence-corrected chi connectivity index (χ4v) is 1.02. The van der Waals surface area contributed by atoms with Gasteiger partial charge in [-0.3, -0.25) is 0 Å². The van der Waals surface area contributed by atoms with Crippen molar-refractivity contribution in [1.29, 1.82) is 0 Å². The Morgan fingerprint density at radius 3 is 2.86 bits per heavy atom. The van der Waals surface area contributed by atoms with Crippen molar-refractivity contribution in [3.63, 3.8) is 0 Å². The maximum Gasteiger partial charge on any atom is 0.165 e. The van der Waals surface area contributed by atoms with E-state index >= 15 is 0 Å². The van der Waals surface area contributed by atoms with Crippen molar-refractivity contribution in [3.8, 4) is 5.75 Å². The van der Waals surface area contributed by atoms with Gasteiger partial charge in [0.1, 0.15) is 7.85 Å². The maximum atomic E-state index is 13.1. The molecule has 0 unspecified atom stereocenters. The van der Waals surface area contributed by atoms with Crippen molar-refractivity contribution in [2.24, 2.45) is 0 Å². The van der Waals surface area contributed by atoms with Gasteiger partial charge in [-0.1, -0.05) is 11.5 Å². The largest absolute Gasteiger partial charge is 0.490 e. The van der Waals surface area contributed by atoms with Crippen molar-refractivity contribution >= 4 is 13.3 Å². The van der Waals surface area contributed by atoms with Gasteiger partial charge >= 0.3 is 0 Å². The first-order valence-electron chi connectivity index (χ1n) is 4.41. The van der Waals surface area contributed by atoms with E-state index in [-0.39, 0.29) is 5.75 Å². The van der Waals surface area contributed by atoms with Gasteiger partial charge in [0.15, 0.2) is 11.6 Å². The lowest BCUT2D eigenvalue weighted by Crippen LogP contribution is -2.07. The van der Waals surface area contributed by atoms with E-state index in [2.05, 4.69) is 0 Å². The molecule has 0 atom stereocenters. The average Bonchev–Trinajstić information content (AvgIpc) is 2.18. The average molecular weight is 194 g/mol. The Kier molecular flexibility index (Phi) is 4.46. The summed E-state index contributed by atoms with van der Waals surface area (Å²) in [6.07, 6.45) is 0.727. The molecule has 1 aromatic rings. The monoisotopic (exact) mass is 194 g/mol. The molecule has 0 N–H and O–H groups in total. The molecule has 0 aliphatic carbocycles. The van der Waals surface area contributed by atoms with E-state index in [0.29, 0.717) is 18.7 Å². The van der Waals surface area contributed by atoms with Crippen molar-refractivity contribution in [3.05, 3.63) is 24.0 Å². The van der Waals surface area contributed by atoms with Crippen LogP contribution in [0.1, 0.15) is 6.42 Å². The summed E-state index contributed by atoms with van der Waals surface area (Å²) >= 11 is 0. The zero-order chi connectivity index (χ0) is 10.4. The molecular formula is C10H12BFO2. The van der Waals surface area contributed by atoms with Gasteiger partial charge in [0.2, 0.25) is 0 Å². The third kappa shape index (κ3) is 3.38. The van der Waals surface area contributed by atoms with Gasteiger partial charge in [0, 0.05) is 20.1 Å². The number of hydrogen-bond acceptors (Lipinski definition) is 2. The molecule has 0 saturated heterocycles. The van der Waals surface area contributed by atoms with Crippen LogP contribution in [0.4, 0.5) is 4.39 Å². The van der Waals surface area contributed by atoms with E-state index in [0.717, 1.165) is 6.42 Å². The molecule has 0 aliphatic heterocycles. The highest BCUT2D eigenvalue weighted by Gasteiger charge is 2.02. The lowest BCUT2D eigenvalue weighted by Gasteiger charge is -2.07. The number of halogens is 1. The van der Waals surface area contributed by atoms with Crippen molar-refractivity contribution in [2.75, 3.05) is 20.3 Å². The van der Waals surface area contributed by atoms with Crippen LogP contribution in [0.25, 0.3) is 0 Å². The van der Waals surface area contributed by atoms with E-state index in [1.54, 1.807) is 7.11 Å². The predicted octanol–water partition coefficient (Wildman–Crippen LogP) is 1.03. The summed E-state index contributed by atoms with van der Waals surface area (Å²) in [5.74, 6) is -0.197. The van der Waals surface area contributed by atoms with Crippen LogP contribution >= 0.6 is 0 Å². The smallest absolute Gasteiger partial charge is 0.165 e. The summed E-state index contributed by atoms with van der Waals surface area (Å²) in [6, 6.07) is 4.26. The molecule has 0 aliphatic rings. The van der Waals surface area contributed by atoms with Crippen molar-refractivity contribution < 1.29 is 13.9 Å². The van der Waals surface area contributed by atoms with Crippen LogP contribution in [-0.4, -0.2) is 28.2 Å². The minimum absolute atomic E-state index is 0.195. The van der Waals surface area contributed by atoms with Gasteiger partial charge in [-0.15, -0.1) is 0 Å². The summed E-state index contributed by atoms with van der Waals surface area (Å²) in [5, 5.41) is 0. The van der Waals surface area contributed by atoms with Crippen LogP contribution in [0, 0.1) is 5.82 Å². The highest BCUT2D eigenvalue weighted by Crippen LogP contribution is 2.13. The SMILES string of the molecule is [B]c1ccc(F)c(OCCCOC)c1. The molecule has 74 valence electrons. The van der Waals surface area contributed by atoms with E-state index in [4.69, 9.17) is 17.3 Å². The van der Waals surface area contributed by atoms with Crippen molar-refractivity contribution in [1.82, 2.24) is 0 Å². The Morgan fingerprint density at radius 1 is 1.36 bits per heavy atom. The minimum Gasteiger partial charge on any atom is -0.490 e. The molecule has 2 nitrogen and oxygen atoms in total. The summed E-state index contributed by atoms with van der Waals surface area (Å²) in [5.41, 5.74) is 0.494. The highest BCUT2D eigenvalue weighted by atomic mass is 19.1. The zero-order valence-corrected chi connectivity index (χ0v) is 8.13. The van der Waals surface area contributed by atoms with E-state index in [1.165, 1.54) is 18.2 Å². The normalized spacial score (nSPS) is 10.1. The molecular weight excluding hydrogens is 182 g/mol. The summed E-state index contributed by atoms with van der Waals surface area (Å²) in [7, 11) is 7.10. The van der Waals surface area contributed by atoms with Crippen LogP contribution in [0.5, 0.6) is 5.75 Å². The number of rotatable bonds is 5. The molecule has 14 heavy (non-hydrogen) atoms. The quantitative estimate of drug-likeness (QED) is 0.514. The molecule has 0 heterocycles. The standard InChI is InChI=1S/C10H12BFO2/c1-13-5-2-6-14-10-7-8(11)3-4-9(10)12/h3-4,7H,2,5-6H2,1H3. The van der Waals surface area contributed by atoms with Gasteiger partial charge in [0.05, 0.1) is 6.61 Å². The summed E-state index contributed by atoms with van der Waals surface area (Å²) in [4.78, 5) is 0. The Bertz CT molecular complexity index is 291. The summed E-state index contributed by atoms with van der Waals surface area (Å²) in [6.45, 7) is 1.03. The second kappa shape index (κ2) is 5.65. The van der Waals surface area contributed by atoms with Crippen LogP contribution in [0.2, 0.25) is 0 Å². The zero-order valence-electron chi connectivity index (χ0n) is 8.13. The number of ether oxygens (including phenoxy) is 2. The van der Waals surface area contributed by atoms with Crippen LogP contribution in [0.3, 0.4) is 0 Å². The maximum absolute atomic E-state index is 13.1. The topological polar surface area (TPSA) is 18.5 Å². The van der Waals surface area contributed by atoms with Gasteiger partial charge in [-0.2, -0.15) is 0 Å². The Morgan fingerprint density at radius 2 is 2.14 bits per heavy atom. The van der Waals surface area contributed by atoms with E-state index < -0.39 is 5.82 Å². The van der Waals surface area contributed by atoms with Crippen molar-refractivity contribution in [2.45, 2.75) is 6.42 Å². The Labute approximate surface area is 84.4 Å². The van der Waals surface area contributed by atoms with E-state index in [9.17, 15) is 4.39 Å². The molecule has 2 radical (unpaired) electrons. The molecule has 4 heteroatoms. The first kappa shape index (κ1) is 11.1. The van der Waals surface area contributed by atoms with Gasteiger partial charge in [-0.05, 0) is 12.1 Å². The third-order valence-electron chi connectivity index (χ3n) is 1.71. The molecule has 1 rings (SSSR count). The first-order chi connectivity index (χ1) is 6.74. The van der Waals surface area contributed by atoms with Crippen LogP contribution in [0.15, 0.2) is 18.2 Å². The number of benzene rings is 1. The van der Waals surface area contributed by atoms with Gasteiger partial charge in [-0.25, -0.2) is 4.39 Å². The second-order valence-corrected chi connectivity index (χ2v) is 2.88. The Balaban J connectivity index is 2.45. The molecule has 0 amide bonds.